The predicted octanol–water partition coefficient (Wildman–Crippen LogP) is 1.42. The van der Waals surface area contributed by atoms with Crippen molar-refractivity contribution in [3.63, 3.8) is 0 Å². The van der Waals surface area contributed by atoms with Crippen LogP contribution in [0, 0.1) is 5.92 Å². The maximum atomic E-state index is 11.8. The molecule has 2 fully saturated rings. The number of nitrogens with one attached hydrogen (secondary N) is 1. The molecule has 0 aromatic heterocycles. The Hall–Kier alpha value is -0.280. The zero-order chi connectivity index (χ0) is 9.97. The largest absolute Gasteiger partial charge is 0.341 e. The Bertz CT molecular complexity index is 213. The van der Waals surface area contributed by atoms with Crippen LogP contribution in [0.3, 0.4) is 0 Å². The zero-order valence-electron chi connectivity index (χ0n) is 9.37. The smallest absolute Gasteiger partial charge is 0.222 e. The van der Waals surface area contributed by atoms with E-state index >= 15 is 0 Å². The Kier molecular flexibility index (Phi) is 4.87. The van der Waals surface area contributed by atoms with Crippen LogP contribution < -0.4 is 5.32 Å². The van der Waals surface area contributed by atoms with E-state index in [1.54, 1.807) is 0 Å². The van der Waals surface area contributed by atoms with Crippen LogP contribution in [0.1, 0.15) is 32.1 Å². The van der Waals surface area contributed by atoms with Gasteiger partial charge in [-0.25, -0.2) is 0 Å². The van der Waals surface area contributed by atoms with Crippen LogP contribution in [0.2, 0.25) is 0 Å². The van der Waals surface area contributed by atoms with Gasteiger partial charge in [0, 0.05) is 26.1 Å². The molecule has 0 aromatic rings. The third kappa shape index (κ3) is 3.08. The molecule has 4 heteroatoms. The van der Waals surface area contributed by atoms with Gasteiger partial charge in [-0.05, 0) is 31.7 Å². The minimum absolute atomic E-state index is 0. The summed E-state index contributed by atoms with van der Waals surface area (Å²) in [6, 6.07) is 0.447. The van der Waals surface area contributed by atoms with Gasteiger partial charge < -0.3 is 10.2 Å². The molecule has 1 heterocycles. The van der Waals surface area contributed by atoms with Crippen LogP contribution >= 0.6 is 12.4 Å². The maximum Gasteiger partial charge on any atom is 0.222 e. The van der Waals surface area contributed by atoms with E-state index in [2.05, 4.69) is 5.32 Å². The van der Waals surface area contributed by atoms with E-state index in [0.717, 1.165) is 25.9 Å². The molecule has 1 saturated carbocycles. The summed E-state index contributed by atoms with van der Waals surface area (Å²) >= 11 is 0. The maximum absolute atomic E-state index is 11.8. The molecule has 0 spiro atoms. The molecule has 1 saturated heterocycles. The van der Waals surface area contributed by atoms with Crippen molar-refractivity contribution >= 4 is 18.3 Å². The van der Waals surface area contributed by atoms with Gasteiger partial charge in [0.15, 0.2) is 0 Å². The van der Waals surface area contributed by atoms with Crippen molar-refractivity contribution in [2.45, 2.75) is 38.1 Å². The summed E-state index contributed by atoms with van der Waals surface area (Å²) in [5.41, 5.74) is 0. The Morgan fingerprint density at radius 1 is 1.40 bits per heavy atom. The monoisotopic (exact) mass is 232 g/mol. The highest BCUT2D eigenvalue weighted by Crippen LogP contribution is 2.30. The average molecular weight is 233 g/mol. The first-order valence-electron chi connectivity index (χ1n) is 5.74. The van der Waals surface area contributed by atoms with Gasteiger partial charge in [0.05, 0.1) is 0 Å². The summed E-state index contributed by atoms with van der Waals surface area (Å²) in [4.78, 5) is 13.8. The standard InChI is InChI=1S/C11H20N2O.ClH/c1-13(10-5-6-12-8-10)11(14)7-9-3-2-4-9;/h9-10,12H,2-8H2,1H3;1H/t10-;/m1./s1. The number of nitrogens with zero attached hydrogens (tertiary/aromatic N) is 1. The second kappa shape index (κ2) is 5.71. The molecule has 0 unspecified atom stereocenters. The molecular formula is C11H21ClN2O. The molecule has 2 rings (SSSR count). The lowest BCUT2D eigenvalue weighted by Crippen LogP contribution is -2.39. The molecule has 88 valence electrons. The van der Waals surface area contributed by atoms with Crippen molar-refractivity contribution in [2.24, 2.45) is 5.92 Å². The van der Waals surface area contributed by atoms with Crippen LogP contribution in [0.25, 0.3) is 0 Å². The highest BCUT2D eigenvalue weighted by Gasteiger charge is 2.27. The summed E-state index contributed by atoms with van der Waals surface area (Å²) < 4.78 is 0. The molecule has 0 radical (unpaired) electrons. The predicted molar refractivity (Wildman–Crippen MR) is 63.3 cm³/mol. The van der Waals surface area contributed by atoms with Crippen LogP contribution in [-0.4, -0.2) is 37.0 Å². The molecule has 2 aliphatic rings. The van der Waals surface area contributed by atoms with Crippen LogP contribution in [0.15, 0.2) is 0 Å². The summed E-state index contributed by atoms with van der Waals surface area (Å²) in [6.07, 6.45) is 5.76. The van der Waals surface area contributed by atoms with Crippen molar-refractivity contribution in [3.8, 4) is 0 Å². The number of hydrogen-bond acceptors (Lipinski definition) is 2. The van der Waals surface area contributed by atoms with E-state index in [4.69, 9.17) is 0 Å². The molecule has 3 nitrogen and oxygen atoms in total. The number of carbonyl (C=O) groups is 1. The Morgan fingerprint density at radius 2 is 2.13 bits per heavy atom. The summed E-state index contributed by atoms with van der Waals surface area (Å²) in [5.74, 6) is 1.04. The highest BCUT2D eigenvalue weighted by atomic mass is 35.5. The molecule has 1 aliphatic carbocycles. The lowest BCUT2D eigenvalue weighted by Gasteiger charge is -2.29. The quantitative estimate of drug-likeness (QED) is 0.798. The second-order valence-electron chi connectivity index (χ2n) is 4.65. The Morgan fingerprint density at radius 3 is 2.60 bits per heavy atom. The van der Waals surface area contributed by atoms with Gasteiger partial charge in [0.25, 0.3) is 0 Å². The van der Waals surface area contributed by atoms with Gasteiger partial charge in [-0.2, -0.15) is 0 Å². The van der Waals surface area contributed by atoms with Crippen LogP contribution in [0.4, 0.5) is 0 Å². The van der Waals surface area contributed by atoms with Gasteiger partial charge in [-0.1, -0.05) is 6.42 Å². The molecule has 1 N–H and O–H groups in total. The zero-order valence-corrected chi connectivity index (χ0v) is 10.2. The first-order valence-corrected chi connectivity index (χ1v) is 5.74. The Labute approximate surface area is 98.0 Å². The lowest BCUT2D eigenvalue weighted by molar-refractivity contribution is -0.133. The molecule has 0 bridgehead atoms. The van der Waals surface area contributed by atoms with Crippen molar-refractivity contribution in [3.05, 3.63) is 0 Å². The summed E-state index contributed by atoms with van der Waals surface area (Å²) in [5, 5.41) is 3.30. The van der Waals surface area contributed by atoms with Crippen molar-refractivity contribution in [1.82, 2.24) is 10.2 Å². The molecule has 15 heavy (non-hydrogen) atoms. The van der Waals surface area contributed by atoms with Crippen molar-refractivity contribution < 1.29 is 4.79 Å². The van der Waals surface area contributed by atoms with E-state index in [9.17, 15) is 4.79 Å². The second-order valence-corrected chi connectivity index (χ2v) is 4.65. The number of hydrogen-bond donors (Lipinski definition) is 1. The normalized spacial score (nSPS) is 25.5. The van der Waals surface area contributed by atoms with E-state index in [1.165, 1.54) is 19.3 Å². The average Bonchev–Trinajstić information content (AvgIpc) is 2.62. The van der Waals surface area contributed by atoms with Gasteiger partial charge in [0.2, 0.25) is 5.91 Å². The molecule has 0 aromatic carbocycles. The first-order chi connectivity index (χ1) is 6.77. The van der Waals surface area contributed by atoms with Crippen LogP contribution in [0.5, 0.6) is 0 Å². The van der Waals surface area contributed by atoms with E-state index < -0.39 is 0 Å². The van der Waals surface area contributed by atoms with Gasteiger partial charge >= 0.3 is 0 Å². The Balaban J connectivity index is 0.00000112. The number of amides is 1. The fraction of sp³-hybridized carbons (Fsp3) is 0.909. The first kappa shape index (κ1) is 12.8. The van der Waals surface area contributed by atoms with Crippen LogP contribution in [-0.2, 0) is 4.79 Å². The lowest BCUT2D eigenvalue weighted by atomic mass is 9.82. The van der Waals surface area contributed by atoms with E-state index in [-0.39, 0.29) is 12.4 Å². The van der Waals surface area contributed by atoms with Gasteiger partial charge in [0.1, 0.15) is 0 Å². The topological polar surface area (TPSA) is 32.3 Å². The molecule has 1 amide bonds. The summed E-state index contributed by atoms with van der Waals surface area (Å²) in [7, 11) is 1.96. The summed E-state index contributed by atoms with van der Waals surface area (Å²) in [6.45, 7) is 2.04. The molecule has 1 aliphatic heterocycles. The number of halogens is 1. The highest BCUT2D eigenvalue weighted by molar-refractivity contribution is 5.85. The minimum atomic E-state index is 0. The van der Waals surface area contributed by atoms with Gasteiger partial charge in [-0.15, -0.1) is 12.4 Å². The third-order valence-corrected chi connectivity index (χ3v) is 3.66. The fourth-order valence-electron chi connectivity index (χ4n) is 2.26. The molecule has 1 atom stereocenters. The fourth-order valence-corrected chi connectivity index (χ4v) is 2.26. The van der Waals surface area contributed by atoms with Crippen molar-refractivity contribution in [2.75, 3.05) is 20.1 Å². The van der Waals surface area contributed by atoms with E-state index in [1.807, 2.05) is 11.9 Å². The van der Waals surface area contributed by atoms with Crippen molar-refractivity contribution in [1.29, 1.82) is 0 Å². The minimum Gasteiger partial charge on any atom is -0.341 e. The van der Waals surface area contributed by atoms with E-state index in [0.29, 0.717) is 17.9 Å². The number of carbonyl (C=O) groups excluding carboxylic acids is 1. The third-order valence-electron chi connectivity index (χ3n) is 3.66. The van der Waals surface area contributed by atoms with Gasteiger partial charge in [-0.3, -0.25) is 4.79 Å². The molecular weight excluding hydrogens is 212 g/mol. The SMILES string of the molecule is CN(C(=O)CC1CCC1)[C@@H]1CCNC1.Cl. The number of rotatable bonds is 3. The number of likely N-dealkylation sites (N-methyl/N-ethyl adjacent to an activating group) is 1.